The second-order valence-corrected chi connectivity index (χ2v) is 6.34. The van der Waals surface area contributed by atoms with E-state index in [1.165, 1.54) is 0 Å². The van der Waals surface area contributed by atoms with Gasteiger partial charge in [-0.3, -0.25) is 9.59 Å². The maximum absolute atomic E-state index is 12.8. The number of anilines is 1. The van der Waals surface area contributed by atoms with Crippen molar-refractivity contribution in [3.63, 3.8) is 0 Å². The number of hydrogen-bond donors (Lipinski definition) is 0. The van der Waals surface area contributed by atoms with E-state index >= 15 is 0 Å². The molecule has 3 rings (SSSR count). The summed E-state index contributed by atoms with van der Waals surface area (Å²) in [5, 5.41) is 0. The number of carbonyl (C=O) groups is 2. The van der Waals surface area contributed by atoms with Crippen LogP contribution in [0.2, 0.25) is 0 Å². The molecule has 136 valence electrons. The lowest BCUT2D eigenvalue weighted by molar-refractivity contribution is -0.140. The average Bonchev–Trinajstić information content (AvgIpc) is 2.66. The fraction of sp³-hybridized carbons (Fsp3) is 0.333. The van der Waals surface area contributed by atoms with Crippen molar-refractivity contribution in [3.8, 4) is 5.75 Å². The fourth-order valence-corrected chi connectivity index (χ4v) is 3.23. The molecule has 0 aliphatic carbocycles. The van der Waals surface area contributed by atoms with Gasteiger partial charge >= 0.3 is 0 Å². The molecule has 1 saturated heterocycles. The van der Waals surface area contributed by atoms with Gasteiger partial charge in [-0.15, -0.1) is 0 Å². The maximum Gasteiger partial charge on any atom is 0.249 e. The molecule has 0 spiro atoms. The third-order valence-electron chi connectivity index (χ3n) is 4.63. The normalized spacial score (nSPS) is 17.3. The number of piperazine rings is 1. The van der Waals surface area contributed by atoms with Crippen LogP contribution < -0.4 is 9.64 Å². The Morgan fingerprint density at radius 3 is 2.42 bits per heavy atom. The smallest absolute Gasteiger partial charge is 0.249 e. The second-order valence-electron chi connectivity index (χ2n) is 6.34. The molecule has 2 aromatic carbocycles. The Hall–Kier alpha value is -2.82. The Labute approximate surface area is 154 Å². The quantitative estimate of drug-likeness (QED) is 0.831. The summed E-state index contributed by atoms with van der Waals surface area (Å²) in [6.45, 7) is 5.37. The summed E-state index contributed by atoms with van der Waals surface area (Å²) in [5.74, 6) is 0.721. The summed E-state index contributed by atoms with van der Waals surface area (Å²) in [5.41, 5.74) is 1.80. The van der Waals surface area contributed by atoms with Gasteiger partial charge in [0.25, 0.3) is 0 Å². The zero-order valence-corrected chi connectivity index (χ0v) is 15.2. The van der Waals surface area contributed by atoms with Crippen LogP contribution in [0.25, 0.3) is 0 Å². The van der Waals surface area contributed by atoms with Gasteiger partial charge in [0.15, 0.2) is 0 Å². The minimum absolute atomic E-state index is 0.0107. The number of amides is 2. The Morgan fingerprint density at radius 2 is 1.77 bits per heavy atom. The second kappa shape index (κ2) is 8.04. The Morgan fingerprint density at radius 1 is 1.08 bits per heavy atom. The van der Waals surface area contributed by atoms with Crippen LogP contribution in [0.3, 0.4) is 0 Å². The molecule has 2 amide bonds. The van der Waals surface area contributed by atoms with E-state index in [1.54, 1.807) is 16.7 Å². The topological polar surface area (TPSA) is 49.9 Å². The van der Waals surface area contributed by atoms with Crippen LogP contribution in [-0.4, -0.2) is 42.5 Å². The van der Waals surface area contributed by atoms with Crippen molar-refractivity contribution in [3.05, 3.63) is 60.2 Å². The molecule has 26 heavy (non-hydrogen) atoms. The van der Waals surface area contributed by atoms with Gasteiger partial charge in [0.2, 0.25) is 11.8 Å². The van der Waals surface area contributed by atoms with Gasteiger partial charge in [-0.1, -0.05) is 30.3 Å². The summed E-state index contributed by atoms with van der Waals surface area (Å²) >= 11 is 0. The number of ether oxygens (including phenoxy) is 1. The lowest BCUT2D eigenvalue weighted by Gasteiger charge is -2.39. The van der Waals surface area contributed by atoms with Crippen LogP contribution in [0.4, 0.5) is 5.69 Å². The van der Waals surface area contributed by atoms with Crippen molar-refractivity contribution in [2.45, 2.75) is 26.3 Å². The van der Waals surface area contributed by atoms with E-state index in [-0.39, 0.29) is 11.8 Å². The first-order valence-electron chi connectivity index (χ1n) is 8.97. The highest BCUT2D eigenvalue weighted by Gasteiger charge is 2.34. The Kier molecular flexibility index (Phi) is 5.56. The molecule has 0 aromatic heterocycles. The molecule has 1 aliphatic rings. The van der Waals surface area contributed by atoms with Gasteiger partial charge < -0.3 is 14.5 Å². The van der Waals surface area contributed by atoms with Crippen molar-refractivity contribution in [1.82, 2.24) is 4.90 Å². The monoisotopic (exact) mass is 352 g/mol. The van der Waals surface area contributed by atoms with Gasteiger partial charge in [-0.2, -0.15) is 0 Å². The van der Waals surface area contributed by atoms with E-state index in [0.717, 1.165) is 17.0 Å². The average molecular weight is 352 g/mol. The molecule has 5 nitrogen and oxygen atoms in total. The van der Waals surface area contributed by atoms with E-state index in [1.807, 2.05) is 61.5 Å². The summed E-state index contributed by atoms with van der Waals surface area (Å²) in [7, 11) is 0. The molecular formula is C21H24N2O3. The van der Waals surface area contributed by atoms with Crippen molar-refractivity contribution in [1.29, 1.82) is 0 Å². The molecule has 0 N–H and O–H groups in total. The first-order valence-corrected chi connectivity index (χ1v) is 8.97. The summed E-state index contributed by atoms with van der Waals surface area (Å²) < 4.78 is 5.44. The molecule has 0 radical (unpaired) electrons. The lowest BCUT2D eigenvalue weighted by Crippen LogP contribution is -2.58. The van der Waals surface area contributed by atoms with Gasteiger partial charge in [0, 0.05) is 18.8 Å². The van der Waals surface area contributed by atoms with Crippen molar-refractivity contribution >= 4 is 17.5 Å². The number of benzene rings is 2. The minimum Gasteiger partial charge on any atom is -0.494 e. The van der Waals surface area contributed by atoms with Gasteiger partial charge in [-0.05, 0) is 43.7 Å². The third kappa shape index (κ3) is 3.87. The van der Waals surface area contributed by atoms with E-state index in [4.69, 9.17) is 4.74 Å². The van der Waals surface area contributed by atoms with Crippen LogP contribution in [0.5, 0.6) is 5.75 Å². The standard InChI is InChI=1S/C21H24N2O3/c1-3-26-19-11-9-18(10-12-19)23-14-13-22(16(2)21(23)25)20(24)15-17-7-5-4-6-8-17/h4-12,16H,3,13-15H2,1-2H3/t16-/m0/s1. The summed E-state index contributed by atoms with van der Waals surface area (Å²) in [6, 6.07) is 16.7. The molecule has 0 bridgehead atoms. The molecule has 1 fully saturated rings. The SMILES string of the molecule is CCOc1ccc(N2CCN(C(=O)Cc3ccccc3)[C@@H](C)C2=O)cc1. The highest BCUT2D eigenvalue weighted by molar-refractivity contribution is 6.00. The number of rotatable bonds is 5. The highest BCUT2D eigenvalue weighted by Crippen LogP contribution is 2.23. The minimum atomic E-state index is -0.466. The largest absolute Gasteiger partial charge is 0.494 e. The predicted octanol–water partition coefficient (Wildman–Crippen LogP) is 2.89. The van der Waals surface area contributed by atoms with E-state index in [2.05, 4.69) is 0 Å². The molecule has 2 aromatic rings. The predicted molar refractivity (Wildman–Crippen MR) is 101 cm³/mol. The number of nitrogens with zero attached hydrogens (tertiary/aromatic N) is 2. The fourth-order valence-electron chi connectivity index (χ4n) is 3.23. The van der Waals surface area contributed by atoms with E-state index < -0.39 is 6.04 Å². The Bertz CT molecular complexity index is 759. The zero-order valence-electron chi connectivity index (χ0n) is 15.2. The van der Waals surface area contributed by atoms with Crippen LogP contribution in [-0.2, 0) is 16.0 Å². The molecule has 0 saturated carbocycles. The number of carbonyl (C=O) groups excluding carboxylic acids is 2. The molecule has 5 heteroatoms. The first kappa shape index (κ1) is 18.0. The molecular weight excluding hydrogens is 328 g/mol. The molecule has 1 aliphatic heterocycles. The summed E-state index contributed by atoms with van der Waals surface area (Å²) in [4.78, 5) is 28.9. The maximum atomic E-state index is 12.8. The van der Waals surface area contributed by atoms with Crippen LogP contribution in [0, 0.1) is 0 Å². The lowest BCUT2D eigenvalue weighted by atomic mass is 10.1. The van der Waals surface area contributed by atoms with Crippen molar-refractivity contribution in [2.24, 2.45) is 0 Å². The van der Waals surface area contributed by atoms with Crippen LogP contribution in [0.1, 0.15) is 19.4 Å². The van der Waals surface area contributed by atoms with Gasteiger partial charge in [0.05, 0.1) is 13.0 Å². The molecule has 1 atom stereocenters. The zero-order chi connectivity index (χ0) is 18.5. The van der Waals surface area contributed by atoms with E-state index in [9.17, 15) is 9.59 Å². The number of hydrogen-bond acceptors (Lipinski definition) is 3. The summed E-state index contributed by atoms with van der Waals surface area (Å²) in [6.07, 6.45) is 0.321. The van der Waals surface area contributed by atoms with Crippen LogP contribution in [0.15, 0.2) is 54.6 Å². The van der Waals surface area contributed by atoms with Crippen molar-refractivity contribution in [2.75, 3.05) is 24.6 Å². The van der Waals surface area contributed by atoms with Gasteiger partial charge in [0.1, 0.15) is 11.8 Å². The molecule has 1 heterocycles. The van der Waals surface area contributed by atoms with Crippen LogP contribution >= 0.6 is 0 Å². The third-order valence-corrected chi connectivity index (χ3v) is 4.63. The van der Waals surface area contributed by atoms with Crippen molar-refractivity contribution < 1.29 is 14.3 Å². The van der Waals surface area contributed by atoms with E-state index in [0.29, 0.717) is 26.1 Å². The Balaban J connectivity index is 1.67. The van der Waals surface area contributed by atoms with Gasteiger partial charge in [-0.25, -0.2) is 0 Å². The molecule has 0 unspecified atom stereocenters. The highest BCUT2D eigenvalue weighted by atomic mass is 16.5. The first-order chi connectivity index (χ1) is 12.6.